The Bertz CT molecular complexity index is 617. The molecule has 0 unspecified atom stereocenters. The molecular formula is C13H15BF3NO5. The van der Waals surface area contributed by atoms with E-state index in [1.165, 1.54) is 0 Å². The molecule has 0 aliphatic carbocycles. The van der Waals surface area contributed by atoms with Crippen LogP contribution < -0.4 is 10.2 Å². The van der Waals surface area contributed by atoms with Gasteiger partial charge in [-0.05, 0) is 39.8 Å². The molecule has 126 valence electrons. The Hall–Kier alpha value is -1.81. The van der Waals surface area contributed by atoms with E-state index in [1.807, 2.05) is 0 Å². The zero-order chi connectivity index (χ0) is 17.6. The number of hydrogen-bond acceptors (Lipinski definition) is 5. The molecule has 0 N–H and O–H groups in total. The number of ether oxygens (including phenoxy) is 1. The lowest BCUT2D eigenvalue weighted by Crippen LogP contribution is -2.41. The Morgan fingerprint density at radius 3 is 2.13 bits per heavy atom. The van der Waals surface area contributed by atoms with Crippen LogP contribution >= 0.6 is 0 Å². The number of nitro groups is 1. The van der Waals surface area contributed by atoms with E-state index in [1.54, 1.807) is 27.7 Å². The molecule has 0 aromatic heterocycles. The summed E-state index contributed by atoms with van der Waals surface area (Å²) in [6, 6.07) is 2.72. The van der Waals surface area contributed by atoms with Crippen molar-refractivity contribution < 1.29 is 32.1 Å². The lowest BCUT2D eigenvalue weighted by molar-refractivity contribution is -0.383. The van der Waals surface area contributed by atoms with E-state index in [2.05, 4.69) is 4.74 Å². The normalized spacial score (nSPS) is 19.7. The average molecular weight is 333 g/mol. The van der Waals surface area contributed by atoms with E-state index >= 15 is 0 Å². The molecule has 1 aromatic rings. The van der Waals surface area contributed by atoms with Gasteiger partial charge in [0.15, 0.2) is 0 Å². The maximum absolute atomic E-state index is 12.3. The summed E-state index contributed by atoms with van der Waals surface area (Å²) in [6.45, 7) is 6.92. The van der Waals surface area contributed by atoms with Crippen LogP contribution in [0.25, 0.3) is 0 Å². The molecule has 1 fully saturated rings. The standard InChI is InChI=1S/C13H15BF3NO5/c1-11(2)12(3,4)23-14(22-11)9-7-8(21-13(15,16)17)5-6-10(9)18(19)20/h5-7H,1-4H3. The van der Waals surface area contributed by atoms with Crippen LogP contribution in [-0.4, -0.2) is 29.6 Å². The fraction of sp³-hybridized carbons (Fsp3) is 0.538. The second kappa shape index (κ2) is 5.38. The summed E-state index contributed by atoms with van der Waals surface area (Å²) in [5, 5.41) is 11.1. The van der Waals surface area contributed by atoms with E-state index in [9.17, 15) is 23.3 Å². The van der Waals surface area contributed by atoms with Crippen molar-refractivity contribution in [1.82, 2.24) is 0 Å². The molecule has 1 aliphatic heterocycles. The highest BCUT2D eigenvalue weighted by Crippen LogP contribution is 2.37. The second-order valence-corrected chi connectivity index (χ2v) is 6.11. The highest BCUT2D eigenvalue weighted by atomic mass is 19.4. The van der Waals surface area contributed by atoms with Crippen molar-refractivity contribution in [2.75, 3.05) is 0 Å². The molecule has 0 radical (unpaired) electrons. The van der Waals surface area contributed by atoms with Gasteiger partial charge in [-0.1, -0.05) is 0 Å². The highest BCUT2D eigenvalue weighted by molar-refractivity contribution is 6.63. The quantitative estimate of drug-likeness (QED) is 0.483. The largest absolute Gasteiger partial charge is 0.573 e. The molecule has 1 heterocycles. The van der Waals surface area contributed by atoms with Crippen LogP contribution in [0.2, 0.25) is 0 Å². The van der Waals surface area contributed by atoms with Crippen LogP contribution in [0.5, 0.6) is 5.75 Å². The molecule has 0 atom stereocenters. The lowest BCUT2D eigenvalue weighted by Gasteiger charge is -2.32. The van der Waals surface area contributed by atoms with E-state index in [-0.39, 0.29) is 5.46 Å². The number of nitrogens with zero attached hydrogens (tertiary/aromatic N) is 1. The monoisotopic (exact) mass is 333 g/mol. The number of hydrogen-bond donors (Lipinski definition) is 0. The smallest absolute Gasteiger partial charge is 0.406 e. The van der Waals surface area contributed by atoms with Gasteiger partial charge >= 0.3 is 13.5 Å². The highest BCUT2D eigenvalue weighted by Gasteiger charge is 2.53. The van der Waals surface area contributed by atoms with Crippen LogP contribution in [0.3, 0.4) is 0 Å². The first-order valence-electron chi connectivity index (χ1n) is 6.72. The van der Waals surface area contributed by atoms with Gasteiger partial charge in [-0.15, -0.1) is 13.2 Å². The maximum atomic E-state index is 12.3. The van der Waals surface area contributed by atoms with E-state index in [0.29, 0.717) is 0 Å². The molecule has 0 spiro atoms. The Labute approximate surface area is 130 Å². The van der Waals surface area contributed by atoms with Crippen molar-refractivity contribution in [3.63, 3.8) is 0 Å². The molecule has 6 nitrogen and oxygen atoms in total. The molecule has 0 saturated carbocycles. The summed E-state index contributed by atoms with van der Waals surface area (Å²) in [6.07, 6.45) is -4.90. The molecule has 1 aliphatic rings. The minimum atomic E-state index is -4.90. The predicted molar refractivity (Wildman–Crippen MR) is 75.5 cm³/mol. The minimum absolute atomic E-state index is 0.129. The summed E-state index contributed by atoms with van der Waals surface area (Å²) in [5.41, 5.74) is -2.10. The van der Waals surface area contributed by atoms with Gasteiger partial charge in [-0.25, -0.2) is 0 Å². The Morgan fingerprint density at radius 2 is 1.70 bits per heavy atom. The number of alkyl halides is 3. The zero-order valence-corrected chi connectivity index (χ0v) is 12.9. The zero-order valence-electron chi connectivity index (χ0n) is 12.9. The third-order valence-corrected chi connectivity index (χ3v) is 3.94. The van der Waals surface area contributed by atoms with Gasteiger partial charge in [0, 0.05) is 6.07 Å². The summed E-state index contributed by atoms with van der Waals surface area (Å²) >= 11 is 0. The first-order valence-corrected chi connectivity index (χ1v) is 6.72. The molecule has 2 rings (SSSR count). The molecule has 1 aromatic carbocycles. The summed E-state index contributed by atoms with van der Waals surface area (Å²) in [7, 11) is -1.17. The van der Waals surface area contributed by atoms with Gasteiger partial charge in [0.05, 0.1) is 21.6 Å². The van der Waals surface area contributed by atoms with Crippen molar-refractivity contribution in [3.8, 4) is 5.75 Å². The summed E-state index contributed by atoms with van der Waals surface area (Å²) in [5.74, 6) is -0.576. The van der Waals surface area contributed by atoms with Crippen LogP contribution in [0.4, 0.5) is 18.9 Å². The SMILES string of the molecule is CC1(C)OB(c2cc(OC(F)(F)F)ccc2[N+](=O)[O-])OC1(C)C. The lowest BCUT2D eigenvalue weighted by atomic mass is 9.77. The van der Waals surface area contributed by atoms with Gasteiger partial charge in [-0.2, -0.15) is 0 Å². The number of halogens is 3. The van der Waals surface area contributed by atoms with Crippen molar-refractivity contribution >= 4 is 18.3 Å². The van der Waals surface area contributed by atoms with Gasteiger partial charge in [0.25, 0.3) is 5.69 Å². The Balaban J connectivity index is 2.43. The van der Waals surface area contributed by atoms with Gasteiger partial charge < -0.3 is 14.0 Å². The average Bonchev–Trinajstić information content (AvgIpc) is 2.56. The van der Waals surface area contributed by atoms with Crippen molar-refractivity contribution in [2.24, 2.45) is 0 Å². The van der Waals surface area contributed by atoms with Crippen LogP contribution in [0.15, 0.2) is 18.2 Å². The predicted octanol–water partition coefficient (Wildman–Crippen LogP) is 2.79. The molecule has 0 amide bonds. The first kappa shape index (κ1) is 17.5. The minimum Gasteiger partial charge on any atom is -0.406 e. The third-order valence-electron chi connectivity index (χ3n) is 3.94. The van der Waals surface area contributed by atoms with Crippen LogP contribution in [0, 0.1) is 10.1 Å². The molecule has 1 saturated heterocycles. The third kappa shape index (κ3) is 3.58. The molecular weight excluding hydrogens is 318 g/mol. The van der Waals surface area contributed by atoms with E-state index in [0.717, 1.165) is 18.2 Å². The Morgan fingerprint density at radius 1 is 1.17 bits per heavy atom. The topological polar surface area (TPSA) is 70.8 Å². The van der Waals surface area contributed by atoms with Crippen LogP contribution in [0.1, 0.15) is 27.7 Å². The van der Waals surface area contributed by atoms with E-state index < -0.39 is 41.0 Å². The van der Waals surface area contributed by atoms with E-state index in [4.69, 9.17) is 9.31 Å². The molecule has 0 bridgehead atoms. The summed E-state index contributed by atoms with van der Waals surface area (Å²) < 4.78 is 52.1. The van der Waals surface area contributed by atoms with Crippen LogP contribution in [-0.2, 0) is 9.31 Å². The van der Waals surface area contributed by atoms with Crippen molar-refractivity contribution in [1.29, 1.82) is 0 Å². The van der Waals surface area contributed by atoms with Gasteiger partial charge in [0.1, 0.15) is 5.75 Å². The number of benzene rings is 1. The fourth-order valence-electron chi connectivity index (χ4n) is 2.05. The maximum Gasteiger partial charge on any atom is 0.573 e. The molecule has 10 heteroatoms. The van der Waals surface area contributed by atoms with Crippen molar-refractivity contribution in [3.05, 3.63) is 28.3 Å². The van der Waals surface area contributed by atoms with Gasteiger partial charge in [0.2, 0.25) is 0 Å². The number of rotatable bonds is 3. The fourth-order valence-corrected chi connectivity index (χ4v) is 2.05. The molecule has 23 heavy (non-hydrogen) atoms. The number of nitro benzene ring substituents is 1. The van der Waals surface area contributed by atoms with Crippen molar-refractivity contribution in [2.45, 2.75) is 45.3 Å². The second-order valence-electron chi connectivity index (χ2n) is 6.11. The van der Waals surface area contributed by atoms with Gasteiger partial charge in [-0.3, -0.25) is 10.1 Å². The first-order chi connectivity index (χ1) is 10.3. The Kier molecular flexibility index (Phi) is 4.10. The summed E-state index contributed by atoms with van der Waals surface area (Å²) in [4.78, 5) is 10.4.